The lowest BCUT2D eigenvalue weighted by atomic mass is 9.84. The zero-order valence-corrected chi connectivity index (χ0v) is 11.7. The van der Waals surface area contributed by atoms with E-state index < -0.39 is 0 Å². The van der Waals surface area contributed by atoms with Crippen molar-refractivity contribution in [2.24, 2.45) is 5.92 Å². The number of halogens is 2. The van der Waals surface area contributed by atoms with Gasteiger partial charge in [0.15, 0.2) is 0 Å². The number of hydrogen-bond donors (Lipinski definition) is 1. The Kier molecular flexibility index (Phi) is 4.60. The van der Waals surface area contributed by atoms with Crippen LogP contribution in [0.4, 0.5) is 4.39 Å². The number of likely N-dealkylation sites (tertiary alicyclic amines) is 1. The summed E-state index contributed by atoms with van der Waals surface area (Å²) in [7, 11) is 4.02. The second kappa shape index (κ2) is 6.00. The van der Waals surface area contributed by atoms with Crippen molar-refractivity contribution in [3.05, 3.63) is 34.6 Å². The summed E-state index contributed by atoms with van der Waals surface area (Å²) in [5.74, 6) is 0.256. The van der Waals surface area contributed by atoms with E-state index in [2.05, 4.69) is 17.3 Å². The van der Waals surface area contributed by atoms with E-state index >= 15 is 0 Å². The molecule has 1 aromatic carbocycles. The smallest absolute Gasteiger partial charge is 0.129 e. The first-order valence-corrected chi connectivity index (χ1v) is 6.81. The van der Waals surface area contributed by atoms with Gasteiger partial charge in [-0.15, -0.1) is 0 Å². The maximum Gasteiger partial charge on any atom is 0.129 e. The standard InChI is InChI=1S/C14H20ClFN2/c1-17-9-10-4-3-7-18(2)14(10)12-6-5-11(15)8-13(12)16/h5-6,8,10,14,17H,3-4,7,9H2,1-2H3. The maximum atomic E-state index is 14.1. The van der Waals surface area contributed by atoms with Crippen molar-refractivity contribution in [3.8, 4) is 0 Å². The quantitative estimate of drug-likeness (QED) is 0.908. The third-order valence-electron chi connectivity index (χ3n) is 3.75. The van der Waals surface area contributed by atoms with E-state index in [4.69, 9.17) is 11.6 Å². The Balaban J connectivity index is 2.31. The van der Waals surface area contributed by atoms with Gasteiger partial charge in [-0.25, -0.2) is 4.39 Å². The summed E-state index contributed by atoms with van der Waals surface area (Å²) >= 11 is 5.82. The molecular formula is C14H20ClFN2. The summed E-state index contributed by atoms with van der Waals surface area (Å²) in [5.41, 5.74) is 0.766. The molecule has 2 nitrogen and oxygen atoms in total. The number of rotatable bonds is 3. The van der Waals surface area contributed by atoms with Gasteiger partial charge in [-0.3, -0.25) is 4.90 Å². The number of nitrogens with zero attached hydrogens (tertiary/aromatic N) is 1. The fourth-order valence-corrected chi connectivity index (χ4v) is 3.13. The average Bonchev–Trinajstić information content (AvgIpc) is 2.31. The molecule has 0 aromatic heterocycles. The number of piperidine rings is 1. The predicted octanol–water partition coefficient (Wildman–Crippen LogP) is 3.08. The van der Waals surface area contributed by atoms with Gasteiger partial charge >= 0.3 is 0 Å². The Hall–Kier alpha value is -0.640. The summed E-state index contributed by atoms with van der Waals surface area (Å²) in [6.45, 7) is 1.93. The van der Waals surface area contributed by atoms with Crippen molar-refractivity contribution in [2.45, 2.75) is 18.9 Å². The van der Waals surface area contributed by atoms with Crippen LogP contribution in [0.1, 0.15) is 24.4 Å². The molecule has 0 spiro atoms. The minimum Gasteiger partial charge on any atom is -0.319 e. The minimum atomic E-state index is -0.192. The van der Waals surface area contributed by atoms with Crippen molar-refractivity contribution < 1.29 is 4.39 Å². The third-order valence-corrected chi connectivity index (χ3v) is 3.99. The Morgan fingerprint density at radius 1 is 1.50 bits per heavy atom. The van der Waals surface area contributed by atoms with E-state index in [1.54, 1.807) is 6.07 Å². The summed E-state index contributed by atoms with van der Waals surface area (Å²) in [4.78, 5) is 2.25. The predicted molar refractivity (Wildman–Crippen MR) is 73.4 cm³/mol. The van der Waals surface area contributed by atoms with Crippen molar-refractivity contribution in [2.75, 3.05) is 27.2 Å². The molecule has 0 saturated carbocycles. The minimum absolute atomic E-state index is 0.142. The Morgan fingerprint density at radius 2 is 2.28 bits per heavy atom. The molecule has 0 bridgehead atoms. The second-order valence-electron chi connectivity index (χ2n) is 5.05. The van der Waals surface area contributed by atoms with Gasteiger partial charge < -0.3 is 5.32 Å². The van der Waals surface area contributed by atoms with Crippen LogP contribution >= 0.6 is 11.6 Å². The van der Waals surface area contributed by atoms with Crippen molar-refractivity contribution in [1.29, 1.82) is 0 Å². The lowest BCUT2D eigenvalue weighted by Gasteiger charge is -2.39. The molecule has 2 rings (SSSR count). The molecule has 2 atom stereocenters. The van der Waals surface area contributed by atoms with Gasteiger partial charge in [-0.1, -0.05) is 17.7 Å². The van der Waals surface area contributed by atoms with Crippen LogP contribution in [0.3, 0.4) is 0 Å². The fraction of sp³-hybridized carbons (Fsp3) is 0.571. The zero-order chi connectivity index (χ0) is 13.1. The van der Waals surface area contributed by atoms with Gasteiger partial charge in [-0.05, 0) is 58.1 Å². The van der Waals surface area contributed by atoms with Gasteiger partial charge in [0.05, 0.1) is 0 Å². The maximum absolute atomic E-state index is 14.1. The largest absolute Gasteiger partial charge is 0.319 e. The molecule has 1 aliphatic rings. The molecule has 1 aromatic rings. The third kappa shape index (κ3) is 2.85. The van der Waals surface area contributed by atoms with Crippen LogP contribution in [0.25, 0.3) is 0 Å². The van der Waals surface area contributed by atoms with Gasteiger partial charge in [0.2, 0.25) is 0 Å². The van der Waals surface area contributed by atoms with E-state index in [-0.39, 0.29) is 11.9 Å². The van der Waals surface area contributed by atoms with Crippen molar-refractivity contribution in [3.63, 3.8) is 0 Å². The monoisotopic (exact) mass is 270 g/mol. The summed E-state index contributed by atoms with van der Waals surface area (Å²) in [6, 6.07) is 5.16. The first-order chi connectivity index (χ1) is 8.63. The molecule has 1 saturated heterocycles. The highest BCUT2D eigenvalue weighted by Crippen LogP contribution is 2.36. The highest BCUT2D eigenvalue weighted by molar-refractivity contribution is 6.30. The highest BCUT2D eigenvalue weighted by Gasteiger charge is 2.31. The van der Waals surface area contributed by atoms with Crippen LogP contribution < -0.4 is 5.32 Å². The molecule has 1 aliphatic heterocycles. The van der Waals surface area contributed by atoms with Gasteiger partial charge in [-0.2, -0.15) is 0 Å². The average molecular weight is 271 g/mol. The number of hydrogen-bond acceptors (Lipinski definition) is 2. The lowest BCUT2D eigenvalue weighted by Crippen LogP contribution is -2.40. The van der Waals surface area contributed by atoms with Crippen LogP contribution in [0.15, 0.2) is 18.2 Å². The molecular weight excluding hydrogens is 251 g/mol. The number of nitrogens with one attached hydrogen (secondary N) is 1. The molecule has 18 heavy (non-hydrogen) atoms. The molecule has 4 heteroatoms. The van der Waals surface area contributed by atoms with E-state index in [1.807, 2.05) is 13.1 Å². The molecule has 1 N–H and O–H groups in total. The summed E-state index contributed by atoms with van der Waals surface area (Å²) in [6.07, 6.45) is 2.31. The van der Waals surface area contributed by atoms with Gasteiger partial charge in [0.1, 0.15) is 5.82 Å². The van der Waals surface area contributed by atoms with Crippen LogP contribution in [-0.4, -0.2) is 32.1 Å². The second-order valence-corrected chi connectivity index (χ2v) is 5.49. The Labute approximate surface area is 113 Å². The van der Waals surface area contributed by atoms with Crippen LogP contribution in [0, 0.1) is 11.7 Å². The molecule has 1 heterocycles. The van der Waals surface area contributed by atoms with Gasteiger partial charge in [0, 0.05) is 16.6 Å². The normalized spacial score (nSPS) is 25.3. The highest BCUT2D eigenvalue weighted by atomic mass is 35.5. The van der Waals surface area contributed by atoms with Gasteiger partial charge in [0.25, 0.3) is 0 Å². The fourth-order valence-electron chi connectivity index (χ4n) is 2.97. The molecule has 0 aliphatic carbocycles. The molecule has 1 fully saturated rings. The van der Waals surface area contributed by atoms with Crippen molar-refractivity contribution >= 4 is 11.6 Å². The van der Waals surface area contributed by atoms with Crippen LogP contribution in [-0.2, 0) is 0 Å². The SMILES string of the molecule is CNCC1CCCN(C)C1c1ccc(Cl)cc1F. The van der Waals surface area contributed by atoms with E-state index in [0.29, 0.717) is 10.9 Å². The topological polar surface area (TPSA) is 15.3 Å². The summed E-state index contributed by atoms with van der Waals surface area (Å²) < 4.78 is 14.1. The van der Waals surface area contributed by atoms with Crippen LogP contribution in [0.2, 0.25) is 5.02 Å². The number of benzene rings is 1. The Bertz CT molecular complexity index is 409. The van der Waals surface area contributed by atoms with E-state index in [0.717, 1.165) is 25.1 Å². The zero-order valence-electron chi connectivity index (χ0n) is 10.9. The van der Waals surface area contributed by atoms with Crippen molar-refractivity contribution in [1.82, 2.24) is 10.2 Å². The Morgan fingerprint density at radius 3 is 2.94 bits per heavy atom. The molecule has 0 amide bonds. The lowest BCUT2D eigenvalue weighted by molar-refractivity contribution is 0.118. The molecule has 100 valence electrons. The molecule has 0 radical (unpaired) electrons. The van der Waals surface area contributed by atoms with E-state index in [9.17, 15) is 4.39 Å². The summed E-state index contributed by atoms with van der Waals surface area (Å²) in [5, 5.41) is 3.67. The van der Waals surface area contributed by atoms with Crippen LogP contribution in [0.5, 0.6) is 0 Å². The first kappa shape index (κ1) is 13.8. The molecule has 2 unspecified atom stereocenters. The first-order valence-electron chi connectivity index (χ1n) is 6.43. The van der Waals surface area contributed by atoms with E-state index in [1.165, 1.54) is 12.5 Å².